The highest BCUT2D eigenvalue weighted by molar-refractivity contribution is 5.79. The van der Waals surface area contributed by atoms with E-state index in [-0.39, 0.29) is 23.6 Å². The Kier molecular flexibility index (Phi) is 5.93. The van der Waals surface area contributed by atoms with Crippen molar-refractivity contribution in [3.63, 3.8) is 0 Å². The van der Waals surface area contributed by atoms with E-state index < -0.39 is 6.10 Å². The summed E-state index contributed by atoms with van der Waals surface area (Å²) >= 11 is 0. The van der Waals surface area contributed by atoms with Crippen LogP contribution in [0.25, 0.3) is 0 Å². The van der Waals surface area contributed by atoms with E-state index in [2.05, 4.69) is 0 Å². The summed E-state index contributed by atoms with van der Waals surface area (Å²) in [7, 11) is 1.69. The molecule has 3 atom stereocenters. The fraction of sp³-hybridized carbons (Fsp3) is 0.368. The largest absolute Gasteiger partial charge is 0.458 e. The zero-order valence-electron chi connectivity index (χ0n) is 14.2. The molecule has 24 heavy (non-hydrogen) atoms. The Bertz CT molecular complexity index is 680. The van der Waals surface area contributed by atoms with E-state index in [9.17, 15) is 14.7 Å². The van der Waals surface area contributed by atoms with Gasteiger partial charge in [0.05, 0.1) is 12.1 Å². The fourth-order valence-corrected chi connectivity index (χ4v) is 2.65. The summed E-state index contributed by atoms with van der Waals surface area (Å²) in [6, 6.07) is 12.2. The molecule has 0 aliphatic carbocycles. The predicted molar refractivity (Wildman–Crippen MR) is 90.6 cm³/mol. The molecule has 1 aromatic heterocycles. The third kappa shape index (κ3) is 4.11. The van der Waals surface area contributed by atoms with Crippen molar-refractivity contribution in [1.29, 1.82) is 0 Å². The molecule has 0 radical (unpaired) electrons. The molecule has 0 saturated heterocycles. The molecule has 1 amide bonds. The maximum Gasteiger partial charge on any atom is 0.225 e. The number of aldehydes is 1. The van der Waals surface area contributed by atoms with Crippen molar-refractivity contribution in [2.24, 2.45) is 5.92 Å². The van der Waals surface area contributed by atoms with Gasteiger partial charge in [0, 0.05) is 19.4 Å². The standard InChI is InChI=1S/C19H23NO4/c1-13(11-16-9-10-17(12-21)24-16)19(23)20(3)14(2)18(22)15-7-5-4-6-8-15/h4-10,12-14,18,22H,11H2,1-3H3/t13-,14+,18-/m1/s1. The van der Waals surface area contributed by atoms with Gasteiger partial charge in [-0.3, -0.25) is 9.59 Å². The third-order valence-electron chi connectivity index (χ3n) is 4.28. The highest BCUT2D eigenvalue weighted by Gasteiger charge is 2.27. The van der Waals surface area contributed by atoms with Gasteiger partial charge in [-0.2, -0.15) is 0 Å². The average molecular weight is 329 g/mol. The van der Waals surface area contributed by atoms with Gasteiger partial charge in [0.1, 0.15) is 5.76 Å². The number of amides is 1. The Labute approximate surface area is 141 Å². The second kappa shape index (κ2) is 7.93. The summed E-state index contributed by atoms with van der Waals surface area (Å²) < 4.78 is 5.32. The summed E-state index contributed by atoms with van der Waals surface area (Å²) in [5.41, 5.74) is 0.777. The molecule has 5 nitrogen and oxygen atoms in total. The minimum Gasteiger partial charge on any atom is -0.458 e. The van der Waals surface area contributed by atoms with E-state index in [0.29, 0.717) is 18.5 Å². The van der Waals surface area contributed by atoms with E-state index in [1.807, 2.05) is 44.2 Å². The van der Waals surface area contributed by atoms with Gasteiger partial charge in [0.25, 0.3) is 0 Å². The number of benzene rings is 1. The Morgan fingerprint density at radius 1 is 1.21 bits per heavy atom. The van der Waals surface area contributed by atoms with Gasteiger partial charge in [0.15, 0.2) is 12.0 Å². The SMILES string of the molecule is C[C@H](Cc1ccc(C=O)o1)C(=O)N(C)[C@@H](C)[C@@H](O)c1ccccc1. The number of rotatable bonds is 7. The van der Waals surface area contributed by atoms with E-state index in [4.69, 9.17) is 4.42 Å². The molecule has 1 aromatic carbocycles. The second-order valence-corrected chi connectivity index (χ2v) is 6.07. The first-order valence-electron chi connectivity index (χ1n) is 7.97. The zero-order chi connectivity index (χ0) is 17.7. The average Bonchev–Trinajstić information content (AvgIpc) is 3.07. The number of likely N-dealkylation sites (N-methyl/N-ethyl adjacent to an activating group) is 1. The lowest BCUT2D eigenvalue weighted by atomic mass is 9.99. The molecule has 2 aromatic rings. The number of furan rings is 1. The van der Waals surface area contributed by atoms with Crippen LogP contribution in [0.4, 0.5) is 0 Å². The zero-order valence-corrected chi connectivity index (χ0v) is 14.2. The van der Waals surface area contributed by atoms with Gasteiger partial charge in [0.2, 0.25) is 5.91 Å². The minimum atomic E-state index is -0.752. The Balaban J connectivity index is 2.00. The molecule has 128 valence electrons. The van der Waals surface area contributed by atoms with Crippen LogP contribution in [-0.2, 0) is 11.2 Å². The first-order valence-corrected chi connectivity index (χ1v) is 7.97. The lowest BCUT2D eigenvalue weighted by molar-refractivity contribution is -0.137. The van der Waals surface area contributed by atoms with Crippen molar-refractivity contribution >= 4 is 12.2 Å². The molecule has 2 rings (SSSR count). The van der Waals surface area contributed by atoms with Gasteiger partial charge in [-0.25, -0.2) is 0 Å². The highest BCUT2D eigenvalue weighted by atomic mass is 16.3. The van der Waals surface area contributed by atoms with Crippen LogP contribution in [0.2, 0.25) is 0 Å². The molecular weight excluding hydrogens is 306 g/mol. The topological polar surface area (TPSA) is 70.8 Å². The maximum atomic E-state index is 12.6. The molecule has 0 aliphatic heterocycles. The first-order chi connectivity index (χ1) is 11.4. The van der Waals surface area contributed by atoms with Crippen molar-refractivity contribution < 1.29 is 19.1 Å². The Morgan fingerprint density at radius 2 is 1.88 bits per heavy atom. The number of carbonyl (C=O) groups is 2. The summed E-state index contributed by atoms with van der Waals surface area (Å²) in [6.45, 7) is 3.63. The van der Waals surface area contributed by atoms with Gasteiger partial charge >= 0.3 is 0 Å². The molecule has 0 unspecified atom stereocenters. The van der Waals surface area contributed by atoms with E-state index >= 15 is 0 Å². The smallest absolute Gasteiger partial charge is 0.225 e. The van der Waals surface area contributed by atoms with Gasteiger partial charge < -0.3 is 14.4 Å². The van der Waals surface area contributed by atoms with Crippen LogP contribution in [-0.4, -0.2) is 35.3 Å². The van der Waals surface area contributed by atoms with Crippen LogP contribution in [0.3, 0.4) is 0 Å². The molecule has 0 fully saturated rings. The van der Waals surface area contributed by atoms with Crippen LogP contribution in [0.5, 0.6) is 0 Å². The number of hydrogen-bond donors (Lipinski definition) is 1. The fourth-order valence-electron chi connectivity index (χ4n) is 2.65. The quantitative estimate of drug-likeness (QED) is 0.793. The van der Waals surface area contributed by atoms with E-state index in [1.54, 1.807) is 24.1 Å². The lowest BCUT2D eigenvalue weighted by Gasteiger charge is -2.31. The summed E-state index contributed by atoms with van der Waals surface area (Å²) in [5.74, 6) is 0.459. The summed E-state index contributed by atoms with van der Waals surface area (Å²) in [4.78, 5) is 24.8. The molecule has 1 N–H and O–H groups in total. The summed E-state index contributed by atoms with van der Waals surface area (Å²) in [6.07, 6.45) is 0.295. The molecule has 0 saturated carbocycles. The molecule has 5 heteroatoms. The van der Waals surface area contributed by atoms with Gasteiger partial charge in [-0.05, 0) is 24.6 Å². The maximum absolute atomic E-state index is 12.6. The normalized spacial score (nSPS) is 14.7. The number of aliphatic hydroxyl groups excluding tert-OH is 1. The van der Waals surface area contributed by atoms with Crippen LogP contribution in [0.15, 0.2) is 46.9 Å². The predicted octanol–water partition coefficient (Wildman–Crippen LogP) is 2.85. The van der Waals surface area contributed by atoms with Gasteiger partial charge in [-0.15, -0.1) is 0 Å². The molecular formula is C19H23NO4. The van der Waals surface area contributed by atoms with Crippen molar-refractivity contribution in [3.8, 4) is 0 Å². The summed E-state index contributed by atoms with van der Waals surface area (Å²) in [5, 5.41) is 10.5. The van der Waals surface area contributed by atoms with Crippen LogP contribution < -0.4 is 0 Å². The van der Waals surface area contributed by atoms with Crippen molar-refractivity contribution in [1.82, 2.24) is 4.90 Å². The van der Waals surface area contributed by atoms with Gasteiger partial charge in [-0.1, -0.05) is 37.3 Å². The van der Waals surface area contributed by atoms with Crippen molar-refractivity contribution in [3.05, 3.63) is 59.5 Å². The monoisotopic (exact) mass is 329 g/mol. The van der Waals surface area contributed by atoms with E-state index in [0.717, 1.165) is 5.56 Å². The number of nitrogens with zero attached hydrogens (tertiary/aromatic N) is 1. The lowest BCUT2D eigenvalue weighted by Crippen LogP contribution is -2.42. The Morgan fingerprint density at radius 3 is 2.46 bits per heavy atom. The second-order valence-electron chi connectivity index (χ2n) is 6.07. The third-order valence-corrected chi connectivity index (χ3v) is 4.28. The van der Waals surface area contributed by atoms with Crippen LogP contribution in [0.1, 0.15) is 41.8 Å². The molecule has 1 heterocycles. The van der Waals surface area contributed by atoms with E-state index in [1.165, 1.54) is 0 Å². The first kappa shape index (κ1) is 17.9. The van der Waals surface area contributed by atoms with Crippen LogP contribution >= 0.6 is 0 Å². The van der Waals surface area contributed by atoms with Crippen molar-refractivity contribution in [2.75, 3.05) is 7.05 Å². The molecule has 0 aliphatic rings. The molecule has 0 bridgehead atoms. The molecule has 0 spiro atoms. The van der Waals surface area contributed by atoms with Crippen LogP contribution in [0, 0.1) is 5.92 Å². The number of carbonyl (C=O) groups excluding carboxylic acids is 2. The highest BCUT2D eigenvalue weighted by Crippen LogP contribution is 2.22. The Hall–Kier alpha value is -2.40. The number of hydrogen-bond acceptors (Lipinski definition) is 4. The number of aliphatic hydroxyl groups is 1. The van der Waals surface area contributed by atoms with Crippen molar-refractivity contribution in [2.45, 2.75) is 32.4 Å². The minimum absolute atomic E-state index is 0.0819.